The van der Waals surface area contributed by atoms with Gasteiger partial charge in [-0.2, -0.15) is 0 Å². The van der Waals surface area contributed by atoms with Crippen molar-refractivity contribution >= 4 is 17.7 Å². The number of nitrogens with one attached hydrogen (secondary N) is 1. The highest BCUT2D eigenvalue weighted by molar-refractivity contribution is 6.12. The van der Waals surface area contributed by atoms with Crippen LogP contribution in [0.25, 0.3) is 0 Å². The molecule has 0 spiro atoms. The van der Waals surface area contributed by atoms with Gasteiger partial charge in [0.2, 0.25) is 0 Å². The number of ketones is 1. The molecule has 108 valence electrons. The predicted octanol–water partition coefficient (Wildman–Crippen LogP) is 0.438. The van der Waals surface area contributed by atoms with Crippen LogP contribution < -0.4 is 5.32 Å². The average Bonchev–Trinajstić information content (AvgIpc) is 2.66. The Morgan fingerprint density at radius 1 is 1.32 bits per heavy atom. The van der Waals surface area contributed by atoms with Crippen molar-refractivity contribution in [2.45, 2.75) is 45.2 Å². The van der Waals surface area contributed by atoms with Gasteiger partial charge in [0, 0.05) is 12.5 Å². The van der Waals surface area contributed by atoms with Gasteiger partial charge >= 0.3 is 11.9 Å². The highest BCUT2D eigenvalue weighted by atomic mass is 16.5. The molecule has 0 amide bonds. The van der Waals surface area contributed by atoms with E-state index >= 15 is 0 Å². The van der Waals surface area contributed by atoms with Crippen LogP contribution in [0.15, 0.2) is 0 Å². The predicted molar refractivity (Wildman–Crippen MR) is 67.4 cm³/mol. The van der Waals surface area contributed by atoms with Gasteiger partial charge in [-0.15, -0.1) is 0 Å². The number of rotatable bonds is 3. The molecule has 1 fully saturated rings. The Morgan fingerprint density at radius 2 is 1.89 bits per heavy atom. The van der Waals surface area contributed by atoms with Crippen LogP contribution in [0.2, 0.25) is 0 Å². The minimum atomic E-state index is -1.61. The van der Waals surface area contributed by atoms with Crippen molar-refractivity contribution in [1.29, 1.82) is 0 Å². The summed E-state index contributed by atoms with van der Waals surface area (Å²) in [7, 11) is 2.41. The number of hydrogen-bond acceptors (Lipinski definition) is 6. The summed E-state index contributed by atoms with van der Waals surface area (Å²) in [4.78, 5) is 35.7. The molecule has 0 aromatic rings. The normalized spacial score (nSPS) is 27.2. The molecular formula is C13H21NO5. The second kappa shape index (κ2) is 5.28. The summed E-state index contributed by atoms with van der Waals surface area (Å²) in [6, 6.07) is -0.191. The first-order valence-electron chi connectivity index (χ1n) is 6.13. The van der Waals surface area contributed by atoms with Crippen molar-refractivity contribution in [1.82, 2.24) is 5.32 Å². The van der Waals surface area contributed by atoms with E-state index in [-0.39, 0.29) is 30.1 Å². The van der Waals surface area contributed by atoms with Crippen LogP contribution in [-0.2, 0) is 23.9 Å². The summed E-state index contributed by atoms with van der Waals surface area (Å²) in [6.07, 6.45) is -0.156. The zero-order chi connectivity index (χ0) is 14.8. The largest absolute Gasteiger partial charge is 0.469 e. The van der Waals surface area contributed by atoms with Crippen molar-refractivity contribution in [3.8, 4) is 0 Å². The van der Waals surface area contributed by atoms with E-state index in [0.29, 0.717) is 0 Å². The average molecular weight is 271 g/mol. The molecule has 1 aliphatic heterocycles. The lowest BCUT2D eigenvalue weighted by Gasteiger charge is -2.30. The SMILES string of the molecule is COC(=O)C[C@@]1(C(=O)OC)N[C@@H](C(C)(C)C)CC1=O. The molecule has 1 N–H and O–H groups in total. The fourth-order valence-corrected chi connectivity index (χ4v) is 2.17. The zero-order valence-corrected chi connectivity index (χ0v) is 12.0. The lowest BCUT2D eigenvalue weighted by molar-refractivity contribution is -0.157. The second-order valence-electron chi connectivity index (χ2n) is 5.84. The molecule has 0 bridgehead atoms. The van der Waals surface area contributed by atoms with Crippen molar-refractivity contribution < 1.29 is 23.9 Å². The highest BCUT2D eigenvalue weighted by Gasteiger charge is 2.56. The molecule has 0 aromatic carbocycles. The van der Waals surface area contributed by atoms with Gasteiger partial charge in [-0.25, -0.2) is 4.79 Å². The molecule has 0 aromatic heterocycles. The van der Waals surface area contributed by atoms with Crippen LogP contribution in [0.1, 0.15) is 33.6 Å². The van der Waals surface area contributed by atoms with E-state index in [1.807, 2.05) is 20.8 Å². The first-order valence-corrected chi connectivity index (χ1v) is 6.13. The second-order valence-corrected chi connectivity index (χ2v) is 5.84. The first kappa shape index (κ1) is 15.6. The van der Waals surface area contributed by atoms with Crippen LogP contribution in [0.4, 0.5) is 0 Å². The van der Waals surface area contributed by atoms with Crippen LogP contribution >= 0.6 is 0 Å². The van der Waals surface area contributed by atoms with Gasteiger partial charge in [0.15, 0.2) is 11.3 Å². The van der Waals surface area contributed by atoms with Crippen molar-refractivity contribution in [3.63, 3.8) is 0 Å². The van der Waals surface area contributed by atoms with Gasteiger partial charge < -0.3 is 9.47 Å². The van der Waals surface area contributed by atoms with Crippen LogP contribution in [-0.4, -0.2) is 43.5 Å². The van der Waals surface area contributed by atoms with Gasteiger partial charge in [-0.1, -0.05) is 20.8 Å². The van der Waals surface area contributed by atoms with Crippen molar-refractivity contribution in [2.75, 3.05) is 14.2 Å². The molecule has 0 aliphatic carbocycles. The maximum atomic E-state index is 12.2. The lowest BCUT2D eigenvalue weighted by Crippen LogP contribution is -2.57. The van der Waals surface area contributed by atoms with Crippen LogP contribution in [0.5, 0.6) is 0 Å². The number of esters is 2. The quantitative estimate of drug-likeness (QED) is 0.592. The van der Waals surface area contributed by atoms with Gasteiger partial charge in [0.1, 0.15) is 0 Å². The van der Waals surface area contributed by atoms with E-state index in [1.54, 1.807) is 0 Å². The molecule has 0 saturated carbocycles. The molecule has 1 saturated heterocycles. The number of Topliss-reactive ketones (excluding diaryl/α,β-unsaturated/α-hetero) is 1. The molecule has 19 heavy (non-hydrogen) atoms. The van der Waals surface area contributed by atoms with E-state index in [4.69, 9.17) is 0 Å². The number of carbonyl (C=O) groups excluding carboxylic acids is 3. The van der Waals surface area contributed by atoms with Crippen molar-refractivity contribution in [3.05, 3.63) is 0 Å². The zero-order valence-electron chi connectivity index (χ0n) is 12.0. The Labute approximate surface area is 112 Å². The number of carbonyl (C=O) groups is 3. The Bertz CT molecular complexity index is 398. The molecule has 2 atom stereocenters. The van der Waals surface area contributed by atoms with E-state index in [0.717, 1.165) is 0 Å². The minimum Gasteiger partial charge on any atom is -0.469 e. The third-order valence-corrected chi connectivity index (χ3v) is 3.50. The molecule has 1 aliphatic rings. The van der Waals surface area contributed by atoms with E-state index in [9.17, 15) is 14.4 Å². The van der Waals surface area contributed by atoms with E-state index in [1.165, 1.54) is 14.2 Å². The maximum Gasteiger partial charge on any atom is 0.334 e. The first-order chi connectivity index (χ1) is 8.67. The lowest BCUT2D eigenvalue weighted by atomic mass is 9.86. The highest BCUT2D eigenvalue weighted by Crippen LogP contribution is 2.33. The molecule has 1 rings (SSSR count). The summed E-state index contributed by atoms with van der Waals surface area (Å²) in [6.45, 7) is 5.89. The Morgan fingerprint density at radius 3 is 2.26 bits per heavy atom. The molecule has 6 heteroatoms. The molecule has 6 nitrogen and oxygen atoms in total. The summed E-state index contributed by atoms with van der Waals surface area (Å²) >= 11 is 0. The number of hydrogen-bond donors (Lipinski definition) is 1. The Kier molecular flexibility index (Phi) is 4.35. The van der Waals surface area contributed by atoms with E-state index < -0.39 is 17.5 Å². The molecular weight excluding hydrogens is 250 g/mol. The number of ether oxygens (including phenoxy) is 2. The summed E-state index contributed by atoms with van der Waals surface area (Å²) < 4.78 is 9.25. The third kappa shape index (κ3) is 2.94. The summed E-state index contributed by atoms with van der Waals surface area (Å²) in [5, 5.41) is 2.99. The molecule has 0 radical (unpaired) electrons. The van der Waals surface area contributed by atoms with E-state index in [2.05, 4.69) is 14.8 Å². The third-order valence-electron chi connectivity index (χ3n) is 3.50. The standard InChI is InChI=1S/C13H21NO5/c1-12(2,3)8-6-9(15)13(14-8,11(17)19-5)7-10(16)18-4/h8,14H,6-7H2,1-5H3/t8-,13-/m1/s1. The van der Waals surface area contributed by atoms with Gasteiger partial charge in [0.25, 0.3) is 0 Å². The maximum absolute atomic E-state index is 12.2. The fraction of sp³-hybridized carbons (Fsp3) is 0.769. The smallest absolute Gasteiger partial charge is 0.334 e. The van der Waals surface area contributed by atoms with Gasteiger partial charge in [-0.3, -0.25) is 14.9 Å². The Balaban J connectivity index is 3.09. The molecule has 0 unspecified atom stereocenters. The van der Waals surface area contributed by atoms with Gasteiger partial charge in [-0.05, 0) is 5.41 Å². The van der Waals surface area contributed by atoms with Crippen LogP contribution in [0, 0.1) is 5.41 Å². The monoisotopic (exact) mass is 271 g/mol. The number of methoxy groups -OCH3 is 2. The van der Waals surface area contributed by atoms with Gasteiger partial charge in [0.05, 0.1) is 20.6 Å². The Hall–Kier alpha value is -1.43. The topological polar surface area (TPSA) is 81.7 Å². The minimum absolute atomic E-state index is 0.190. The summed E-state index contributed by atoms with van der Waals surface area (Å²) in [5.41, 5.74) is -1.82. The fourth-order valence-electron chi connectivity index (χ4n) is 2.17. The van der Waals surface area contributed by atoms with Crippen molar-refractivity contribution in [2.24, 2.45) is 5.41 Å². The molecule has 1 heterocycles. The van der Waals surface area contributed by atoms with Crippen LogP contribution in [0.3, 0.4) is 0 Å². The summed E-state index contributed by atoms with van der Waals surface area (Å²) in [5.74, 6) is -1.69.